The first-order valence-electron chi connectivity index (χ1n) is 6.81. The second kappa shape index (κ2) is 6.46. The monoisotopic (exact) mass is 318 g/mol. The van der Waals surface area contributed by atoms with E-state index in [0.717, 1.165) is 19.4 Å². The highest BCUT2D eigenvalue weighted by atomic mass is 32.2. The van der Waals surface area contributed by atoms with Crippen molar-refractivity contribution in [3.05, 3.63) is 11.8 Å². The van der Waals surface area contributed by atoms with Gasteiger partial charge in [0, 0.05) is 23.4 Å². The molecule has 0 unspecified atom stereocenters. The number of aromatic nitrogens is 2. The Morgan fingerprint density at radius 2 is 2.25 bits per heavy atom. The fraction of sp³-hybridized carbons (Fsp3) is 0.750. The van der Waals surface area contributed by atoms with Gasteiger partial charge in [-0.2, -0.15) is 16.9 Å². The lowest BCUT2D eigenvalue weighted by atomic mass is 9.84. The minimum atomic E-state index is -3.52. The average Bonchev–Trinajstić information content (AvgIpc) is 2.84. The summed E-state index contributed by atoms with van der Waals surface area (Å²) in [5.41, 5.74) is 0.672. The van der Waals surface area contributed by atoms with Gasteiger partial charge in [-0.25, -0.2) is 13.1 Å². The number of H-pyrrole nitrogens is 1. The van der Waals surface area contributed by atoms with Crippen molar-refractivity contribution in [3.8, 4) is 0 Å². The van der Waals surface area contributed by atoms with Crippen LogP contribution < -0.4 is 10.0 Å². The van der Waals surface area contributed by atoms with Crippen molar-refractivity contribution in [3.63, 3.8) is 0 Å². The fourth-order valence-corrected chi connectivity index (χ4v) is 4.50. The van der Waals surface area contributed by atoms with Gasteiger partial charge in [-0.15, -0.1) is 0 Å². The summed E-state index contributed by atoms with van der Waals surface area (Å²) in [4.78, 5) is 0. The summed E-state index contributed by atoms with van der Waals surface area (Å²) in [5, 5.41) is 9.74. The third-order valence-corrected chi connectivity index (χ3v) is 6.63. The molecule has 0 radical (unpaired) electrons. The zero-order chi connectivity index (χ0) is 14.6. The molecule has 0 atom stereocenters. The molecule has 114 valence electrons. The van der Waals surface area contributed by atoms with E-state index in [0.29, 0.717) is 18.7 Å². The van der Waals surface area contributed by atoms with Crippen LogP contribution in [0, 0.1) is 0 Å². The summed E-state index contributed by atoms with van der Waals surface area (Å²) >= 11 is 1.75. The van der Waals surface area contributed by atoms with E-state index in [1.165, 1.54) is 6.42 Å². The van der Waals surface area contributed by atoms with E-state index in [1.54, 1.807) is 18.0 Å². The zero-order valence-corrected chi connectivity index (χ0v) is 13.5. The molecule has 2 rings (SSSR count). The summed E-state index contributed by atoms with van der Waals surface area (Å²) in [6, 6.07) is 0. The molecule has 20 heavy (non-hydrogen) atoms. The van der Waals surface area contributed by atoms with Crippen molar-refractivity contribution < 1.29 is 8.42 Å². The van der Waals surface area contributed by atoms with Gasteiger partial charge in [0.1, 0.15) is 0 Å². The lowest BCUT2D eigenvalue weighted by Gasteiger charge is -2.40. The van der Waals surface area contributed by atoms with Crippen LogP contribution in [0.5, 0.6) is 0 Å². The number of hydrogen-bond donors (Lipinski definition) is 3. The van der Waals surface area contributed by atoms with Crippen LogP contribution in [0.1, 0.15) is 31.7 Å². The molecule has 8 heteroatoms. The van der Waals surface area contributed by atoms with Crippen molar-refractivity contribution in [2.24, 2.45) is 0 Å². The molecular weight excluding hydrogens is 296 g/mol. The molecule has 1 aliphatic rings. The van der Waals surface area contributed by atoms with Gasteiger partial charge in [-0.3, -0.25) is 5.10 Å². The Balaban J connectivity index is 2.04. The molecule has 6 nitrogen and oxygen atoms in total. The highest BCUT2D eigenvalue weighted by Gasteiger charge is 2.37. The van der Waals surface area contributed by atoms with Gasteiger partial charge in [-0.1, -0.05) is 13.3 Å². The first-order chi connectivity index (χ1) is 9.53. The third-order valence-electron chi connectivity index (χ3n) is 3.79. The quantitative estimate of drug-likeness (QED) is 0.668. The highest BCUT2D eigenvalue weighted by molar-refractivity contribution is 8.00. The molecule has 0 amide bonds. The summed E-state index contributed by atoms with van der Waals surface area (Å²) in [6.07, 6.45) is 6.93. The number of nitrogens with one attached hydrogen (secondary N) is 3. The maximum Gasteiger partial charge on any atom is 0.257 e. The lowest BCUT2D eigenvalue weighted by Crippen LogP contribution is -2.45. The van der Waals surface area contributed by atoms with Gasteiger partial charge in [-0.05, 0) is 25.6 Å². The van der Waals surface area contributed by atoms with Gasteiger partial charge in [0.15, 0.2) is 5.03 Å². The number of rotatable bonds is 8. The lowest BCUT2D eigenvalue weighted by molar-refractivity contribution is 0.361. The van der Waals surface area contributed by atoms with E-state index >= 15 is 0 Å². The average molecular weight is 318 g/mol. The molecule has 1 saturated carbocycles. The third kappa shape index (κ3) is 3.36. The Morgan fingerprint density at radius 3 is 2.80 bits per heavy atom. The second-order valence-corrected chi connectivity index (χ2v) is 8.05. The van der Waals surface area contributed by atoms with Gasteiger partial charge < -0.3 is 5.32 Å². The van der Waals surface area contributed by atoms with Crippen LogP contribution in [-0.4, -0.2) is 42.7 Å². The van der Waals surface area contributed by atoms with Crippen LogP contribution in [0.25, 0.3) is 0 Å². The standard InChI is InChI=1S/C12H22N4O2S2/c1-3-13-7-10-8-14-16-11(10)20(17,18)15-9-12(19-2)5-4-6-12/h8,13,15H,3-7,9H2,1-2H3,(H,14,16). The van der Waals surface area contributed by atoms with Crippen LogP contribution in [0.4, 0.5) is 0 Å². The molecule has 1 heterocycles. The van der Waals surface area contributed by atoms with E-state index < -0.39 is 10.0 Å². The molecule has 0 aliphatic heterocycles. The maximum absolute atomic E-state index is 12.4. The summed E-state index contributed by atoms with van der Waals surface area (Å²) in [6.45, 7) is 3.74. The number of aromatic amines is 1. The van der Waals surface area contributed by atoms with E-state index in [-0.39, 0.29) is 9.77 Å². The van der Waals surface area contributed by atoms with Crippen LogP contribution in [-0.2, 0) is 16.6 Å². The Bertz CT molecular complexity index is 532. The van der Waals surface area contributed by atoms with Gasteiger partial charge in [0.05, 0.1) is 6.20 Å². The number of sulfonamides is 1. The topological polar surface area (TPSA) is 86.9 Å². The summed E-state index contributed by atoms with van der Waals surface area (Å²) in [7, 11) is -3.52. The molecule has 1 fully saturated rings. The van der Waals surface area contributed by atoms with Crippen LogP contribution in [0.2, 0.25) is 0 Å². The zero-order valence-electron chi connectivity index (χ0n) is 11.9. The van der Waals surface area contributed by atoms with E-state index in [2.05, 4.69) is 20.2 Å². The number of thioether (sulfide) groups is 1. The molecule has 1 aliphatic carbocycles. The van der Waals surface area contributed by atoms with E-state index in [1.807, 2.05) is 13.2 Å². The van der Waals surface area contributed by atoms with Gasteiger partial charge >= 0.3 is 0 Å². The normalized spacial score (nSPS) is 17.9. The molecule has 1 aromatic rings. The molecule has 1 aromatic heterocycles. The van der Waals surface area contributed by atoms with Crippen molar-refractivity contribution in [1.29, 1.82) is 0 Å². The smallest absolute Gasteiger partial charge is 0.257 e. The first-order valence-corrected chi connectivity index (χ1v) is 9.51. The predicted octanol–water partition coefficient (Wildman–Crippen LogP) is 1.08. The minimum absolute atomic E-state index is 0.0783. The Hall–Kier alpha value is -0.570. The Labute approximate surface area is 124 Å². The van der Waals surface area contributed by atoms with Crippen molar-refractivity contribution >= 4 is 21.8 Å². The van der Waals surface area contributed by atoms with Crippen LogP contribution in [0.15, 0.2) is 11.2 Å². The predicted molar refractivity (Wildman–Crippen MR) is 81.3 cm³/mol. The molecule has 0 aromatic carbocycles. The van der Waals surface area contributed by atoms with Crippen LogP contribution >= 0.6 is 11.8 Å². The number of nitrogens with zero attached hydrogens (tertiary/aromatic N) is 1. The highest BCUT2D eigenvalue weighted by Crippen LogP contribution is 2.42. The van der Waals surface area contributed by atoms with E-state index in [4.69, 9.17) is 0 Å². The second-order valence-electron chi connectivity index (χ2n) is 5.07. The molecule has 0 spiro atoms. The fourth-order valence-electron chi connectivity index (χ4n) is 2.24. The summed E-state index contributed by atoms with van der Waals surface area (Å²) < 4.78 is 27.5. The Morgan fingerprint density at radius 1 is 1.50 bits per heavy atom. The number of hydrogen-bond acceptors (Lipinski definition) is 5. The largest absolute Gasteiger partial charge is 0.313 e. The molecule has 0 bridgehead atoms. The van der Waals surface area contributed by atoms with Crippen LogP contribution in [0.3, 0.4) is 0 Å². The van der Waals surface area contributed by atoms with Crippen molar-refractivity contribution in [2.45, 2.75) is 42.5 Å². The van der Waals surface area contributed by atoms with Crippen molar-refractivity contribution in [1.82, 2.24) is 20.2 Å². The molecule has 3 N–H and O–H groups in total. The van der Waals surface area contributed by atoms with Crippen molar-refractivity contribution in [2.75, 3.05) is 19.3 Å². The molecule has 0 saturated heterocycles. The maximum atomic E-state index is 12.4. The van der Waals surface area contributed by atoms with Gasteiger partial charge in [0.2, 0.25) is 0 Å². The van der Waals surface area contributed by atoms with Gasteiger partial charge in [0.25, 0.3) is 10.0 Å². The SMILES string of the molecule is CCNCc1cn[nH]c1S(=O)(=O)NCC1(SC)CCC1. The Kier molecular flexibility index (Phi) is 5.11. The summed E-state index contributed by atoms with van der Waals surface area (Å²) in [5.74, 6) is 0. The minimum Gasteiger partial charge on any atom is -0.313 e. The first kappa shape index (κ1) is 15.8. The molecular formula is C12H22N4O2S2. The van der Waals surface area contributed by atoms with E-state index in [9.17, 15) is 8.42 Å².